The number of ether oxygens (including phenoxy) is 2. The first kappa shape index (κ1) is 24.5. The molecule has 0 aliphatic rings. The number of Topliss-reactive ketones (excluding diaryl/α,β-unsaturated/α-hetero) is 1. The van der Waals surface area contributed by atoms with Crippen LogP contribution in [0.25, 0.3) is 0 Å². The molecule has 1 aromatic carbocycles. The molecule has 0 radical (unpaired) electrons. The van der Waals surface area contributed by atoms with E-state index in [1.54, 1.807) is 19.1 Å². The molecule has 0 fully saturated rings. The van der Waals surface area contributed by atoms with Crippen LogP contribution in [-0.4, -0.2) is 49.7 Å². The summed E-state index contributed by atoms with van der Waals surface area (Å²) in [4.78, 5) is 37.9. The Morgan fingerprint density at radius 1 is 1.07 bits per heavy atom. The standard InChI is InChI=1S/C22H34N2O5/c1-15(13-18(25)28-8)19(26)16-9-11-17(12-10-16)24(7)14-22(5,6)23-20(27)29-21(2,3)4/h9-12,15H,13-14H2,1-8H3,(H,23,27). The van der Waals surface area contributed by atoms with Crippen LogP contribution in [0.4, 0.5) is 10.5 Å². The molecule has 0 spiro atoms. The highest BCUT2D eigenvalue weighted by Crippen LogP contribution is 2.20. The molecule has 1 N–H and O–H groups in total. The predicted octanol–water partition coefficient (Wildman–Crippen LogP) is 3.81. The number of nitrogens with one attached hydrogen (secondary N) is 1. The van der Waals surface area contributed by atoms with Crippen molar-refractivity contribution >= 4 is 23.5 Å². The van der Waals surface area contributed by atoms with Gasteiger partial charge in [0.2, 0.25) is 0 Å². The number of hydrogen-bond acceptors (Lipinski definition) is 6. The third-order valence-electron chi connectivity index (χ3n) is 4.21. The van der Waals surface area contributed by atoms with Crippen molar-refractivity contribution in [3.8, 4) is 0 Å². The highest BCUT2D eigenvalue weighted by molar-refractivity contribution is 5.99. The number of benzene rings is 1. The van der Waals surface area contributed by atoms with Crippen LogP contribution in [0.15, 0.2) is 24.3 Å². The van der Waals surface area contributed by atoms with Gasteiger partial charge in [0, 0.05) is 30.8 Å². The van der Waals surface area contributed by atoms with Gasteiger partial charge in [-0.05, 0) is 58.9 Å². The number of methoxy groups -OCH3 is 1. The van der Waals surface area contributed by atoms with Gasteiger partial charge in [-0.3, -0.25) is 9.59 Å². The predicted molar refractivity (Wildman–Crippen MR) is 113 cm³/mol. The van der Waals surface area contributed by atoms with Gasteiger partial charge in [-0.15, -0.1) is 0 Å². The van der Waals surface area contributed by atoms with Crippen molar-refractivity contribution in [2.24, 2.45) is 5.92 Å². The van der Waals surface area contributed by atoms with Crippen LogP contribution < -0.4 is 10.2 Å². The number of likely N-dealkylation sites (N-methyl/N-ethyl adjacent to an activating group) is 1. The molecule has 0 heterocycles. The lowest BCUT2D eigenvalue weighted by molar-refractivity contribution is -0.141. The van der Waals surface area contributed by atoms with E-state index in [1.807, 2.05) is 58.7 Å². The van der Waals surface area contributed by atoms with E-state index in [0.717, 1.165) is 5.69 Å². The number of alkyl carbamates (subject to hydrolysis) is 1. The van der Waals surface area contributed by atoms with Crippen molar-refractivity contribution in [2.75, 3.05) is 25.6 Å². The molecular weight excluding hydrogens is 372 g/mol. The first-order chi connectivity index (χ1) is 13.2. The number of carbonyl (C=O) groups is 3. The minimum atomic E-state index is -0.556. The van der Waals surface area contributed by atoms with Gasteiger partial charge in [0.15, 0.2) is 5.78 Å². The normalized spacial score (nSPS) is 12.7. The summed E-state index contributed by atoms with van der Waals surface area (Å²) in [5.74, 6) is -0.943. The second kappa shape index (κ2) is 9.76. The SMILES string of the molecule is COC(=O)CC(C)C(=O)c1ccc(N(C)CC(C)(C)NC(=O)OC(C)(C)C)cc1. The molecule has 0 aliphatic carbocycles. The Kier molecular flexibility index (Phi) is 8.24. The summed E-state index contributed by atoms with van der Waals surface area (Å²) < 4.78 is 9.94. The minimum Gasteiger partial charge on any atom is -0.469 e. The zero-order valence-corrected chi connectivity index (χ0v) is 18.8. The van der Waals surface area contributed by atoms with Gasteiger partial charge in [0.1, 0.15) is 5.60 Å². The number of amides is 1. The molecule has 1 unspecified atom stereocenters. The number of hydrogen-bond donors (Lipinski definition) is 1. The van der Waals surface area contributed by atoms with Crippen molar-refractivity contribution in [3.05, 3.63) is 29.8 Å². The Balaban J connectivity index is 2.73. The minimum absolute atomic E-state index is 0.0571. The molecule has 0 saturated heterocycles. The van der Waals surface area contributed by atoms with Gasteiger partial charge in [-0.2, -0.15) is 0 Å². The lowest BCUT2D eigenvalue weighted by Gasteiger charge is -2.33. The average molecular weight is 407 g/mol. The van der Waals surface area contributed by atoms with E-state index in [-0.39, 0.29) is 12.2 Å². The molecule has 29 heavy (non-hydrogen) atoms. The van der Waals surface area contributed by atoms with Crippen LogP contribution in [0.2, 0.25) is 0 Å². The number of carbonyl (C=O) groups excluding carboxylic acids is 3. The monoisotopic (exact) mass is 406 g/mol. The van der Waals surface area contributed by atoms with Gasteiger partial charge in [0.05, 0.1) is 19.1 Å². The molecule has 0 aliphatic heterocycles. The molecule has 1 aromatic rings. The maximum atomic E-state index is 12.5. The Morgan fingerprint density at radius 3 is 2.10 bits per heavy atom. The molecule has 1 rings (SSSR count). The van der Waals surface area contributed by atoms with Crippen LogP contribution in [-0.2, 0) is 14.3 Å². The lowest BCUT2D eigenvalue weighted by Crippen LogP contribution is -2.52. The fourth-order valence-corrected chi connectivity index (χ4v) is 2.89. The number of ketones is 1. The molecule has 1 atom stereocenters. The third-order valence-corrected chi connectivity index (χ3v) is 4.21. The molecule has 0 aromatic heterocycles. The van der Waals surface area contributed by atoms with E-state index in [0.29, 0.717) is 12.1 Å². The Hall–Kier alpha value is -2.57. The first-order valence-corrected chi connectivity index (χ1v) is 9.67. The van der Waals surface area contributed by atoms with Crippen LogP contribution in [0.3, 0.4) is 0 Å². The quantitative estimate of drug-likeness (QED) is 0.522. The first-order valence-electron chi connectivity index (χ1n) is 9.67. The highest BCUT2D eigenvalue weighted by Gasteiger charge is 2.26. The summed E-state index contributed by atoms with van der Waals surface area (Å²) in [7, 11) is 3.22. The molecule has 0 bridgehead atoms. The fourth-order valence-electron chi connectivity index (χ4n) is 2.89. The van der Waals surface area contributed by atoms with Gasteiger partial charge in [-0.25, -0.2) is 4.79 Å². The number of nitrogens with zero attached hydrogens (tertiary/aromatic N) is 1. The van der Waals surface area contributed by atoms with E-state index >= 15 is 0 Å². The zero-order chi connectivity index (χ0) is 22.4. The van der Waals surface area contributed by atoms with E-state index < -0.39 is 29.1 Å². The Morgan fingerprint density at radius 2 is 1.62 bits per heavy atom. The molecule has 1 amide bonds. The van der Waals surface area contributed by atoms with Crippen LogP contribution in [0.5, 0.6) is 0 Å². The highest BCUT2D eigenvalue weighted by atomic mass is 16.6. The van der Waals surface area contributed by atoms with E-state index in [2.05, 4.69) is 10.1 Å². The Labute approximate surface area is 173 Å². The summed E-state index contributed by atoms with van der Waals surface area (Å²) in [6.45, 7) is 11.5. The van der Waals surface area contributed by atoms with E-state index in [1.165, 1.54) is 7.11 Å². The summed E-state index contributed by atoms with van der Waals surface area (Å²) in [6.07, 6.45) is -0.405. The van der Waals surface area contributed by atoms with Crippen molar-refractivity contribution in [1.82, 2.24) is 5.32 Å². The van der Waals surface area contributed by atoms with Crippen molar-refractivity contribution < 1.29 is 23.9 Å². The molecular formula is C22H34N2O5. The summed E-state index contributed by atoms with van der Waals surface area (Å²) in [6, 6.07) is 7.19. The maximum Gasteiger partial charge on any atom is 0.408 e. The fraction of sp³-hybridized carbons (Fsp3) is 0.591. The topological polar surface area (TPSA) is 84.9 Å². The van der Waals surface area contributed by atoms with Gasteiger partial charge in [0.25, 0.3) is 0 Å². The van der Waals surface area contributed by atoms with Gasteiger partial charge in [-0.1, -0.05) is 6.92 Å². The van der Waals surface area contributed by atoms with Crippen LogP contribution in [0.1, 0.15) is 58.3 Å². The second-order valence-corrected chi connectivity index (χ2v) is 8.96. The molecule has 0 saturated carbocycles. The average Bonchev–Trinajstić information content (AvgIpc) is 2.58. The molecule has 7 heteroatoms. The summed E-state index contributed by atoms with van der Waals surface area (Å²) in [5, 5.41) is 2.88. The van der Waals surface area contributed by atoms with Gasteiger partial charge < -0.3 is 19.7 Å². The van der Waals surface area contributed by atoms with Crippen LogP contribution in [0, 0.1) is 5.92 Å². The zero-order valence-electron chi connectivity index (χ0n) is 18.8. The number of anilines is 1. The van der Waals surface area contributed by atoms with Crippen molar-refractivity contribution in [2.45, 2.75) is 59.1 Å². The largest absolute Gasteiger partial charge is 0.469 e. The molecule has 7 nitrogen and oxygen atoms in total. The number of rotatable bonds is 8. The third kappa shape index (κ3) is 8.54. The molecule has 162 valence electrons. The van der Waals surface area contributed by atoms with Gasteiger partial charge >= 0.3 is 12.1 Å². The van der Waals surface area contributed by atoms with E-state index in [4.69, 9.17) is 4.74 Å². The Bertz CT molecular complexity index is 720. The van der Waals surface area contributed by atoms with E-state index in [9.17, 15) is 14.4 Å². The van der Waals surface area contributed by atoms with Crippen molar-refractivity contribution in [1.29, 1.82) is 0 Å². The number of esters is 1. The summed E-state index contributed by atoms with van der Waals surface area (Å²) >= 11 is 0. The summed E-state index contributed by atoms with van der Waals surface area (Å²) in [5.41, 5.74) is 0.367. The maximum absolute atomic E-state index is 12.5. The lowest BCUT2D eigenvalue weighted by atomic mass is 9.96. The smallest absolute Gasteiger partial charge is 0.408 e. The van der Waals surface area contributed by atoms with Crippen LogP contribution >= 0.6 is 0 Å². The van der Waals surface area contributed by atoms with Crippen molar-refractivity contribution in [3.63, 3.8) is 0 Å². The second-order valence-electron chi connectivity index (χ2n) is 8.96.